The van der Waals surface area contributed by atoms with E-state index in [9.17, 15) is 0 Å². The van der Waals surface area contributed by atoms with Crippen LogP contribution in [0.15, 0.2) is 6.33 Å². The van der Waals surface area contributed by atoms with Crippen molar-refractivity contribution in [2.75, 3.05) is 18.8 Å². The molecule has 3 rings (SSSR count). The molecule has 3 heterocycles. The van der Waals surface area contributed by atoms with Gasteiger partial charge in [-0.3, -0.25) is 0 Å². The van der Waals surface area contributed by atoms with Gasteiger partial charge >= 0.3 is 0 Å². The summed E-state index contributed by atoms with van der Waals surface area (Å²) in [5.41, 5.74) is 7.22. The highest BCUT2D eigenvalue weighted by atomic mass is 15.0. The first-order valence-corrected chi connectivity index (χ1v) is 6.98. The number of anilines is 1. The Labute approximate surface area is 112 Å². The van der Waals surface area contributed by atoms with E-state index in [1.165, 1.54) is 38.7 Å². The van der Waals surface area contributed by atoms with Crippen LogP contribution in [-0.4, -0.2) is 33.0 Å². The third-order valence-corrected chi connectivity index (χ3v) is 3.85. The second-order valence-corrected chi connectivity index (χ2v) is 5.23. The number of nitrogens with two attached hydrogens (primary N) is 1. The van der Waals surface area contributed by atoms with Crippen LogP contribution in [0, 0.1) is 5.92 Å². The van der Waals surface area contributed by atoms with Gasteiger partial charge in [-0.05, 0) is 44.7 Å². The lowest BCUT2D eigenvalue weighted by Crippen LogP contribution is -2.27. The predicted molar refractivity (Wildman–Crippen MR) is 74.6 cm³/mol. The molecular formula is C13H20N6. The molecular weight excluding hydrogens is 240 g/mol. The van der Waals surface area contributed by atoms with Gasteiger partial charge in [0.2, 0.25) is 0 Å². The molecule has 0 bridgehead atoms. The lowest BCUT2D eigenvalue weighted by atomic mass is 9.92. The summed E-state index contributed by atoms with van der Waals surface area (Å²) in [4.78, 5) is 15.8. The van der Waals surface area contributed by atoms with E-state index in [0.717, 1.165) is 30.1 Å². The lowest BCUT2D eigenvalue weighted by Gasteiger charge is -2.22. The summed E-state index contributed by atoms with van der Waals surface area (Å²) < 4.78 is 0. The zero-order valence-corrected chi connectivity index (χ0v) is 11.0. The van der Waals surface area contributed by atoms with E-state index in [1.54, 1.807) is 0 Å². The van der Waals surface area contributed by atoms with Crippen molar-refractivity contribution in [1.82, 2.24) is 25.3 Å². The summed E-state index contributed by atoms with van der Waals surface area (Å²) in [6.07, 6.45) is 7.46. The predicted octanol–water partition coefficient (Wildman–Crippen LogP) is 1.26. The van der Waals surface area contributed by atoms with Crippen molar-refractivity contribution in [3.05, 3.63) is 12.2 Å². The first-order chi connectivity index (χ1) is 9.33. The molecule has 2 aromatic rings. The Morgan fingerprint density at radius 3 is 2.89 bits per heavy atom. The van der Waals surface area contributed by atoms with E-state index >= 15 is 0 Å². The summed E-state index contributed by atoms with van der Waals surface area (Å²) in [6.45, 7) is 2.34. The molecule has 0 unspecified atom stereocenters. The Balaban J connectivity index is 1.57. The minimum atomic E-state index is 0.474. The van der Waals surface area contributed by atoms with Crippen LogP contribution in [0.2, 0.25) is 0 Å². The quantitative estimate of drug-likeness (QED) is 0.769. The molecule has 6 nitrogen and oxygen atoms in total. The fourth-order valence-electron chi connectivity index (χ4n) is 2.74. The normalized spacial score (nSPS) is 17.1. The molecule has 1 aliphatic heterocycles. The van der Waals surface area contributed by atoms with Crippen molar-refractivity contribution in [1.29, 1.82) is 0 Å². The van der Waals surface area contributed by atoms with Gasteiger partial charge in [0.25, 0.3) is 0 Å². The van der Waals surface area contributed by atoms with Crippen LogP contribution in [0.4, 0.5) is 5.82 Å². The van der Waals surface area contributed by atoms with Crippen molar-refractivity contribution in [2.45, 2.75) is 32.1 Å². The van der Waals surface area contributed by atoms with Gasteiger partial charge < -0.3 is 16.0 Å². The van der Waals surface area contributed by atoms with Gasteiger partial charge in [-0.2, -0.15) is 0 Å². The van der Waals surface area contributed by atoms with Gasteiger partial charge in [0.05, 0.1) is 0 Å². The first kappa shape index (κ1) is 12.3. The highest BCUT2D eigenvalue weighted by Gasteiger charge is 2.13. The molecule has 1 fully saturated rings. The molecule has 0 saturated carbocycles. The monoisotopic (exact) mass is 260 g/mol. The minimum Gasteiger partial charge on any atom is -0.382 e. The standard InChI is InChI=1S/C13H20N6/c14-12-11-13(17-8-16-12)19-10(18-11)3-1-2-9-4-6-15-7-5-9/h8-9,15H,1-7H2,(H3,14,16,17,18,19). The van der Waals surface area contributed by atoms with Crippen LogP contribution in [0.5, 0.6) is 0 Å². The third kappa shape index (κ3) is 2.84. The fourth-order valence-corrected chi connectivity index (χ4v) is 2.74. The second kappa shape index (κ2) is 5.52. The number of nitrogens with zero attached hydrogens (tertiary/aromatic N) is 3. The van der Waals surface area contributed by atoms with Crippen molar-refractivity contribution >= 4 is 17.0 Å². The Hall–Kier alpha value is -1.69. The smallest absolute Gasteiger partial charge is 0.183 e. The number of imidazole rings is 1. The molecule has 1 aliphatic rings. The van der Waals surface area contributed by atoms with E-state index in [0.29, 0.717) is 11.5 Å². The number of fused-ring (bicyclic) bond motifs is 1. The lowest BCUT2D eigenvalue weighted by molar-refractivity contribution is 0.346. The molecule has 19 heavy (non-hydrogen) atoms. The molecule has 0 spiro atoms. The molecule has 0 amide bonds. The van der Waals surface area contributed by atoms with Crippen molar-refractivity contribution in [3.63, 3.8) is 0 Å². The van der Waals surface area contributed by atoms with Crippen LogP contribution in [-0.2, 0) is 6.42 Å². The summed E-state index contributed by atoms with van der Waals surface area (Å²) in [7, 11) is 0. The van der Waals surface area contributed by atoms with Crippen molar-refractivity contribution < 1.29 is 0 Å². The molecule has 2 aromatic heterocycles. The molecule has 0 radical (unpaired) electrons. The van der Waals surface area contributed by atoms with Crippen molar-refractivity contribution in [3.8, 4) is 0 Å². The summed E-state index contributed by atoms with van der Waals surface area (Å²) in [6, 6.07) is 0. The van der Waals surface area contributed by atoms with Gasteiger partial charge in [0.1, 0.15) is 17.7 Å². The van der Waals surface area contributed by atoms with Crippen LogP contribution < -0.4 is 11.1 Å². The zero-order chi connectivity index (χ0) is 13.1. The highest BCUT2D eigenvalue weighted by Crippen LogP contribution is 2.20. The molecule has 0 atom stereocenters. The number of aromatic nitrogens is 4. The minimum absolute atomic E-state index is 0.474. The molecule has 1 saturated heterocycles. The Kier molecular flexibility index (Phi) is 3.59. The third-order valence-electron chi connectivity index (χ3n) is 3.85. The summed E-state index contributed by atoms with van der Waals surface area (Å²) >= 11 is 0. The van der Waals surface area contributed by atoms with E-state index in [2.05, 4.69) is 25.3 Å². The maximum atomic E-state index is 5.79. The van der Waals surface area contributed by atoms with Gasteiger partial charge in [0.15, 0.2) is 11.5 Å². The van der Waals surface area contributed by atoms with E-state index in [-0.39, 0.29) is 0 Å². The molecule has 102 valence electrons. The number of hydrogen-bond acceptors (Lipinski definition) is 5. The number of aryl methyl sites for hydroxylation is 1. The number of piperidine rings is 1. The second-order valence-electron chi connectivity index (χ2n) is 5.23. The van der Waals surface area contributed by atoms with Crippen LogP contribution in [0.3, 0.4) is 0 Å². The zero-order valence-electron chi connectivity index (χ0n) is 11.0. The van der Waals surface area contributed by atoms with E-state index in [1.807, 2.05) is 0 Å². The Morgan fingerprint density at radius 1 is 1.26 bits per heavy atom. The average molecular weight is 260 g/mol. The SMILES string of the molecule is Nc1ncnc2nc(CCCC3CCNCC3)[nH]c12. The Bertz CT molecular complexity index is 543. The molecule has 6 heteroatoms. The largest absolute Gasteiger partial charge is 0.382 e. The average Bonchev–Trinajstić information content (AvgIpc) is 2.84. The van der Waals surface area contributed by atoms with E-state index in [4.69, 9.17) is 5.73 Å². The van der Waals surface area contributed by atoms with Crippen molar-refractivity contribution in [2.24, 2.45) is 5.92 Å². The number of H-pyrrole nitrogens is 1. The molecule has 0 aromatic carbocycles. The maximum Gasteiger partial charge on any atom is 0.183 e. The number of hydrogen-bond donors (Lipinski definition) is 3. The highest BCUT2D eigenvalue weighted by molar-refractivity contribution is 5.80. The fraction of sp³-hybridized carbons (Fsp3) is 0.615. The number of nitrogens with one attached hydrogen (secondary N) is 2. The van der Waals surface area contributed by atoms with Crippen LogP contribution in [0.25, 0.3) is 11.2 Å². The number of aromatic amines is 1. The van der Waals surface area contributed by atoms with Gasteiger partial charge in [-0.15, -0.1) is 0 Å². The maximum absolute atomic E-state index is 5.79. The molecule has 4 N–H and O–H groups in total. The van der Waals surface area contributed by atoms with Gasteiger partial charge in [-0.1, -0.05) is 0 Å². The van der Waals surface area contributed by atoms with Crippen LogP contribution >= 0.6 is 0 Å². The topological polar surface area (TPSA) is 92.5 Å². The summed E-state index contributed by atoms with van der Waals surface area (Å²) in [5.74, 6) is 2.31. The first-order valence-electron chi connectivity index (χ1n) is 6.98. The molecule has 0 aliphatic carbocycles. The van der Waals surface area contributed by atoms with Crippen LogP contribution in [0.1, 0.15) is 31.5 Å². The number of rotatable bonds is 4. The van der Waals surface area contributed by atoms with Gasteiger partial charge in [-0.25, -0.2) is 15.0 Å². The van der Waals surface area contributed by atoms with E-state index < -0.39 is 0 Å². The summed E-state index contributed by atoms with van der Waals surface area (Å²) in [5, 5.41) is 3.40. The number of nitrogen functional groups attached to an aromatic ring is 1. The Morgan fingerprint density at radius 2 is 2.11 bits per heavy atom. The van der Waals surface area contributed by atoms with Gasteiger partial charge in [0, 0.05) is 6.42 Å².